The van der Waals surface area contributed by atoms with Crippen molar-refractivity contribution in [1.82, 2.24) is 5.32 Å². The number of hydrogen-bond donors (Lipinski definition) is 2. The highest BCUT2D eigenvalue weighted by molar-refractivity contribution is 5.84. The first kappa shape index (κ1) is 17.2. The van der Waals surface area contributed by atoms with Gasteiger partial charge in [-0.05, 0) is 31.5 Å². The third-order valence-corrected chi connectivity index (χ3v) is 3.40. The van der Waals surface area contributed by atoms with Crippen LogP contribution in [0.2, 0.25) is 0 Å². The fraction of sp³-hybridized carbons (Fsp3) is 0.438. The molecule has 0 heterocycles. The highest BCUT2D eigenvalue weighted by Gasteiger charge is 2.30. The number of aliphatic hydroxyl groups excluding tert-OH is 1. The van der Waals surface area contributed by atoms with Crippen LogP contribution in [0.25, 0.3) is 0 Å². The maximum atomic E-state index is 13.7. The number of methoxy groups -OCH3 is 1. The lowest BCUT2D eigenvalue weighted by atomic mass is 10.0. The van der Waals surface area contributed by atoms with Gasteiger partial charge in [-0.1, -0.05) is 18.8 Å². The number of amides is 1. The second-order valence-corrected chi connectivity index (χ2v) is 4.74. The van der Waals surface area contributed by atoms with Crippen molar-refractivity contribution in [2.75, 3.05) is 13.7 Å². The Balaban J connectivity index is 2.81. The lowest BCUT2D eigenvalue weighted by molar-refractivity contribution is -0.142. The van der Waals surface area contributed by atoms with Crippen LogP contribution >= 0.6 is 0 Å². The van der Waals surface area contributed by atoms with Crippen molar-refractivity contribution < 1.29 is 19.0 Å². The monoisotopic (exact) mass is 293 g/mol. The maximum absolute atomic E-state index is 13.7. The SMILES string of the molecule is CCC(C)(OC)C(=O)NCc1cc(C#CCO)ccc1F. The van der Waals surface area contributed by atoms with Crippen molar-refractivity contribution in [2.24, 2.45) is 0 Å². The van der Waals surface area contributed by atoms with Crippen LogP contribution in [0.3, 0.4) is 0 Å². The minimum Gasteiger partial charge on any atom is -0.384 e. The van der Waals surface area contributed by atoms with Gasteiger partial charge >= 0.3 is 0 Å². The van der Waals surface area contributed by atoms with Crippen molar-refractivity contribution in [3.8, 4) is 11.8 Å². The molecule has 5 heteroatoms. The summed E-state index contributed by atoms with van der Waals surface area (Å²) >= 11 is 0. The zero-order valence-corrected chi connectivity index (χ0v) is 12.5. The number of carbonyl (C=O) groups excluding carboxylic acids is 1. The van der Waals surface area contributed by atoms with Gasteiger partial charge in [-0.25, -0.2) is 4.39 Å². The van der Waals surface area contributed by atoms with Crippen LogP contribution in [-0.2, 0) is 16.1 Å². The molecule has 4 nitrogen and oxygen atoms in total. The predicted molar refractivity (Wildman–Crippen MR) is 77.9 cm³/mol. The molecule has 0 aliphatic carbocycles. The summed E-state index contributed by atoms with van der Waals surface area (Å²) in [6, 6.07) is 4.36. The smallest absolute Gasteiger partial charge is 0.252 e. The largest absolute Gasteiger partial charge is 0.384 e. The van der Waals surface area contributed by atoms with Gasteiger partial charge in [0.1, 0.15) is 18.0 Å². The molecule has 1 aromatic carbocycles. The third kappa shape index (κ3) is 4.55. The second-order valence-electron chi connectivity index (χ2n) is 4.74. The van der Waals surface area contributed by atoms with Gasteiger partial charge in [0.05, 0.1) is 0 Å². The summed E-state index contributed by atoms with van der Waals surface area (Å²) < 4.78 is 18.9. The van der Waals surface area contributed by atoms with Crippen LogP contribution in [0.4, 0.5) is 4.39 Å². The number of carbonyl (C=O) groups is 1. The minimum absolute atomic E-state index is 0.0538. The molecule has 1 amide bonds. The third-order valence-electron chi connectivity index (χ3n) is 3.40. The first-order valence-corrected chi connectivity index (χ1v) is 6.68. The van der Waals surface area contributed by atoms with Crippen LogP contribution < -0.4 is 5.32 Å². The Morgan fingerprint density at radius 1 is 1.52 bits per heavy atom. The van der Waals surface area contributed by atoms with E-state index in [0.29, 0.717) is 17.5 Å². The maximum Gasteiger partial charge on any atom is 0.252 e. The van der Waals surface area contributed by atoms with E-state index in [0.717, 1.165) is 0 Å². The van der Waals surface area contributed by atoms with Gasteiger partial charge in [-0.2, -0.15) is 0 Å². The average molecular weight is 293 g/mol. The summed E-state index contributed by atoms with van der Waals surface area (Å²) in [5, 5.41) is 11.3. The number of hydrogen-bond acceptors (Lipinski definition) is 3. The normalized spacial score (nSPS) is 13.0. The molecule has 0 aromatic heterocycles. The van der Waals surface area contributed by atoms with Gasteiger partial charge in [0, 0.05) is 24.8 Å². The summed E-state index contributed by atoms with van der Waals surface area (Å²) in [5.41, 5.74) is -0.00698. The van der Waals surface area contributed by atoms with Crippen molar-refractivity contribution in [3.05, 3.63) is 35.1 Å². The molecule has 0 fully saturated rings. The Bertz CT molecular complexity index is 556. The zero-order valence-electron chi connectivity index (χ0n) is 12.5. The van der Waals surface area contributed by atoms with E-state index in [4.69, 9.17) is 9.84 Å². The summed E-state index contributed by atoms with van der Waals surface area (Å²) in [7, 11) is 1.47. The van der Waals surface area contributed by atoms with E-state index in [9.17, 15) is 9.18 Å². The number of rotatable bonds is 5. The molecule has 21 heavy (non-hydrogen) atoms. The molecule has 0 spiro atoms. The van der Waals surface area contributed by atoms with Crippen LogP contribution in [0.1, 0.15) is 31.4 Å². The Morgan fingerprint density at radius 2 is 2.24 bits per heavy atom. The molecule has 0 bridgehead atoms. The van der Waals surface area contributed by atoms with E-state index in [1.807, 2.05) is 6.92 Å². The van der Waals surface area contributed by atoms with Crippen LogP contribution in [0, 0.1) is 17.7 Å². The molecule has 0 aliphatic rings. The number of halogens is 1. The molecular weight excluding hydrogens is 273 g/mol. The van der Waals surface area contributed by atoms with Gasteiger partial charge in [-0.15, -0.1) is 0 Å². The molecule has 0 radical (unpaired) electrons. The summed E-state index contributed by atoms with van der Waals surface area (Å²) in [6.45, 7) is 3.32. The van der Waals surface area contributed by atoms with Crippen molar-refractivity contribution in [1.29, 1.82) is 0 Å². The molecule has 1 unspecified atom stereocenters. The molecule has 1 atom stereocenters. The quantitative estimate of drug-likeness (QED) is 0.811. The van der Waals surface area contributed by atoms with Crippen LogP contribution in [0.15, 0.2) is 18.2 Å². The second kappa shape index (κ2) is 7.77. The number of ether oxygens (including phenoxy) is 1. The van der Waals surface area contributed by atoms with Crippen molar-refractivity contribution >= 4 is 5.91 Å². The van der Waals surface area contributed by atoms with E-state index in [1.165, 1.54) is 19.2 Å². The summed E-state index contributed by atoms with van der Waals surface area (Å²) in [4.78, 5) is 12.0. The molecule has 0 saturated heterocycles. The Hall–Kier alpha value is -1.90. The Kier molecular flexibility index (Phi) is 6.35. The van der Waals surface area contributed by atoms with Gasteiger partial charge in [0.15, 0.2) is 0 Å². The molecule has 0 aliphatic heterocycles. The number of benzene rings is 1. The molecule has 1 rings (SSSR count). The van der Waals surface area contributed by atoms with E-state index in [-0.39, 0.29) is 19.1 Å². The summed E-state index contributed by atoms with van der Waals surface area (Å²) in [6.07, 6.45) is 0.514. The molecule has 0 saturated carbocycles. The van der Waals surface area contributed by atoms with E-state index in [2.05, 4.69) is 17.2 Å². The van der Waals surface area contributed by atoms with Gasteiger partial charge in [0.25, 0.3) is 5.91 Å². The lowest BCUT2D eigenvalue weighted by Gasteiger charge is -2.25. The van der Waals surface area contributed by atoms with E-state index < -0.39 is 11.4 Å². The minimum atomic E-state index is -0.926. The Labute approximate surface area is 124 Å². The molecule has 114 valence electrons. The standard InChI is InChI=1S/C16H20FNO3/c1-4-16(2,21-3)15(20)18-11-13-10-12(6-5-9-19)7-8-14(13)17/h7-8,10,19H,4,9,11H2,1-3H3,(H,18,20). The van der Waals surface area contributed by atoms with Gasteiger partial charge in [-0.3, -0.25) is 4.79 Å². The highest BCUT2D eigenvalue weighted by Crippen LogP contribution is 2.15. The van der Waals surface area contributed by atoms with Crippen LogP contribution in [-0.4, -0.2) is 30.3 Å². The molecule has 1 aromatic rings. The first-order valence-electron chi connectivity index (χ1n) is 6.68. The highest BCUT2D eigenvalue weighted by atomic mass is 19.1. The van der Waals surface area contributed by atoms with Crippen molar-refractivity contribution in [2.45, 2.75) is 32.4 Å². The molecular formula is C16H20FNO3. The predicted octanol–water partition coefficient (Wildman–Crippen LogP) is 1.60. The summed E-state index contributed by atoms with van der Waals surface area (Å²) in [5.74, 6) is 4.48. The zero-order chi connectivity index (χ0) is 15.9. The number of aliphatic hydroxyl groups is 1. The fourth-order valence-corrected chi connectivity index (χ4v) is 1.69. The van der Waals surface area contributed by atoms with Gasteiger partial charge < -0.3 is 15.2 Å². The van der Waals surface area contributed by atoms with E-state index in [1.54, 1.807) is 13.0 Å². The van der Waals surface area contributed by atoms with E-state index >= 15 is 0 Å². The fourth-order valence-electron chi connectivity index (χ4n) is 1.69. The average Bonchev–Trinajstić information content (AvgIpc) is 2.51. The van der Waals surface area contributed by atoms with Crippen LogP contribution in [0.5, 0.6) is 0 Å². The lowest BCUT2D eigenvalue weighted by Crippen LogP contribution is -2.45. The molecule has 2 N–H and O–H groups in total. The van der Waals surface area contributed by atoms with Gasteiger partial charge in [0.2, 0.25) is 0 Å². The number of nitrogens with one attached hydrogen (secondary N) is 1. The first-order chi connectivity index (χ1) is 9.96. The Morgan fingerprint density at radius 3 is 2.81 bits per heavy atom. The topological polar surface area (TPSA) is 58.6 Å². The van der Waals surface area contributed by atoms with Crippen molar-refractivity contribution in [3.63, 3.8) is 0 Å².